The maximum atomic E-state index is 13.3. The van der Waals surface area contributed by atoms with Crippen molar-refractivity contribution in [2.75, 3.05) is 19.8 Å². The van der Waals surface area contributed by atoms with Crippen LogP contribution in [0.1, 0.15) is 17.2 Å². The second-order valence-electron chi connectivity index (χ2n) is 7.77. The number of likely N-dealkylation sites (tertiary alicyclic amines) is 1. The van der Waals surface area contributed by atoms with Crippen molar-refractivity contribution < 1.29 is 27.5 Å². The molecule has 0 bridgehead atoms. The molecule has 2 aromatic rings. The Labute approximate surface area is 193 Å². The minimum Gasteiger partial charge on any atom is -0.386 e. The van der Waals surface area contributed by atoms with Gasteiger partial charge in [0, 0.05) is 19.6 Å². The van der Waals surface area contributed by atoms with Crippen LogP contribution in [0.25, 0.3) is 11.1 Å². The van der Waals surface area contributed by atoms with Crippen molar-refractivity contribution in [3.05, 3.63) is 59.7 Å². The fourth-order valence-corrected chi connectivity index (χ4v) is 3.65. The van der Waals surface area contributed by atoms with E-state index < -0.39 is 41.7 Å². The third kappa shape index (κ3) is 6.13. The lowest BCUT2D eigenvalue weighted by molar-refractivity contribution is -0.210. The fourth-order valence-electron chi connectivity index (χ4n) is 3.52. The summed E-state index contributed by atoms with van der Waals surface area (Å²) in [5, 5.41) is 12.6. The van der Waals surface area contributed by atoms with Gasteiger partial charge in [-0.2, -0.15) is 13.2 Å². The molecule has 0 saturated carbocycles. The molecule has 10 heteroatoms. The van der Waals surface area contributed by atoms with Crippen molar-refractivity contribution in [2.24, 2.45) is 5.92 Å². The quantitative estimate of drug-likeness (QED) is 0.417. The van der Waals surface area contributed by atoms with Crippen LogP contribution in [0.5, 0.6) is 0 Å². The van der Waals surface area contributed by atoms with Gasteiger partial charge in [-0.05, 0) is 22.3 Å². The van der Waals surface area contributed by atoms with Gasteiger partial charge in [-0.15, -0.1) is 0 Å². The van der Waals surface area contributed by atoms with Crippen LogP contribution in [0.4, 0.5) is 17.6 Å². The number of halogens is 6. The Kier molecular flexibility index (Phi) is 8.03. The molecular formula is C22H22Cl2F4N2O2. The minimum atomic E-state index is -4.13. The van der Waals surface area contributed by atoms with E-state index in [4.69, 9.17) is 23.2 Å². The highest BCUT2D eigenvalue weighted by Crippen LogP contribution is 2.34. The number of aliphatic hydroxyl groups is 1. The molecule has 1 aliphatic rings. The van der Waals surface area contributed by atoms with E-state index in [9.17, 15) is 27.5 Å². The third-order valence-electron chi connectivity index (χ3n) is 5.44. The van der Waals surface area contributed by atoms with Crippen LogP contribution < -0.4 is 5.32 Å². The number of rotatable bonds is 8. The largest absolute Gasteiger partial charge is 0.394 e. The van der Waals surface area contributed by atoms with E-state index >= 15 is 0 Å². The monoisotopic (exact) mass is 492 g/mol. The van der Waals surface area contributed by atoms with E-state index in [1.54, 1.807) is 29.2 Å². The standard InChI is InChI=1S/C22H22Cl2F4N2O2/c23-20(24)21(32)29-18(9-25)19(31)16-7-5-15(6-8-16)14-3-1-13(2-4-14)10-30-11-17(12-30)22(26,27)28/h1-8,17-20,31H,9-12H2,(H,29,32)/t18-,19-/m1/s1. The Morgan fingerprint density at radius 3 is 2.06 bits per heavy atom. The molecule has 1 fully saturated rings. The number of nitrogens with one attached hydrogen (secondary N) is 1. The van der Waals surface area contributed by atoms with Gasteiger partial charge in [-0.3, -0.25) is 9.69 Å². The zero-order valence-corrected chi connectivity index (χ0v) is 18.3. The summed E-state index contributed by atoms with van der Waals surface area (Å²) in [7, 11) is 0. The summed E-state index contributed by atoms with van der Waals surface area (Å²) in [6, 6.07) is 13.0. The third-order valence-corrected chi connectivity index (χ3v) is 5.84. The van der Waals surface area contributed by atoms with Crippen molar-refractivity contribution in [1.82, 2.24) is 10.2 Å². The van der Waals surface area contributed by atoms with Crippen LogP contribution in [0, 0.1) is 5.92 Å². The number of carbonyl (C=O) groups excluding carboxylic acids is 1. The molecule has 2 aromatic carbocycles. The zero-order chi connectivity index (χ0) is 23.5. The Morgan fingerprint density at radius 1 is 1.06 bits per heavy atom. The molecule has 174 valence electrons. The number of alkyl halides is 6. The van der Waals surface area contributed by atoms with Crippen LogP contribution >= 0.6 is 23.2 Å². The lowest BCUT2D eigenvalue weighted by Gasteiger charge is -2.40. The lowest BCUT2D eigenvalue weighted by atomic mass is 9.97. The first-order chi connectivity index (χ1) is 15.1. The zero-order valence-electron chi connectivity index (χ0n) is 16.8. The van der Waals surface area contributed by atoms with Crippen LogP contribution in [0.15, 0.2) is 48.5 Å². The molecule has 0 spiro atoms. The molecule has 4 nitrogen and oxygen atoms in total. The predicted molar refractivity (Wildman–Crippen MR) is 115 cm³/mol. The fraction of sp³-hybridized carbons (Fsp3) is 0.409. The average Bonchev–Trinajstić information content (AvgIpc) is 2.73. The van der Waals surface area contributed by atoms with Crippen molar-refractivity contribution >= 4 is 29.1 Å². The normalized spacial score (nSPS) is 17.1. The van der Waals surface area contributed by atoms with Gasteiger partial charge < -0.3 is 10.4 Å². The first-order valence-electron chi connectivity index (χ1n) is 9.89. The first kappa shape index (κ1) is 24.8. The summed E-state index contributed by atoms with van der Waals surface area (Å²) in [6.45, 7) is -0.505. The lowest BCUT2D eigenvalue weighted by Crippen LogP contribution is -2.52. The maximum absolute atomic E-state index is 13.3. The minimum absolute atomic E-state index is 0.0197. The Bertz CT molecular complexity index is 902. The van der Waals surface area contributed by atoms with Crippen molar-refractivity contribution in [2.45, 2.75) is 29.7 Å². The number of aliphatic hydroxyl groups excluding tert-OH is 1. The molecule has 0 aliphatic carbocycles. The second-order valence-corrected chi connectivity index (χ2v) is 8.86. The van der Waals surface area contributed by atoms with E-state index in [1.807, 2.05) is 24.3 Å². The smallest absolute Gasteiger partial charge is 0.386 e. The van der Waals surface area contributed by atoms with Crippen LogP contribution in [0.3, 0.4) is 0 Å². The molecule has 2 N–H and O–H groups in total. The van der Waals surface area contributed by atoms with E-state index in [1.165, 1.54) is 0 Å². The van der Waals surface area contributed by atoms with Gasteiger partial charge in [0.1, 0.15) is 12.8 Å². The average molecular weight is 493 g/mol. The number of carbonyl (C=O) groups is 1. The predicted octanol–water partition coefficient (Wildman–Crippen LogP) is 4.64. The number of hydrogen-bond acceptors (Lipinski definition) is 3. The van der Waals surface area contributed by atoms with Crippen molar-refractivity contribution in [3.8, 4) is 11.1 Å². The van der Waals surface area contributed by atoms with Gasteiger partial charge in [0.15, 0.2) is 4.84 Å². The van der Waals surface area contributed by atoms with Gasteiger partial charge >= 0.3 is 6.18 Å². The van der Waals surface area contributed by atoms with E-state index in [-0.39, 0.29) is 13.1 Å². The van der Waals surface area contributed by atoms with E-state index in [0.29, 0.717) is 12.1 Å². The van der Waals surface area contributed by atoms with Crippen LogP contribution in [0.2, 0.25) is 0 Å². The van der Waals surface area contributed by atoms with Gasteiger partial charge in [0.25, 0.3) is 5.91 Å². The number of nitrogens with zero attached hydrogens (tertiary/aromatic N) is 1. The molecule has 0 aromatic heterocycles. The summed E-state index contributed by atoms with van der Waals surface area (Å²) < 4.78 is 51.1. The van der Waals surface area contributed by atoms with Gasteiger partial charge in [0.05, 0.1) is 12.0 Å². The molecule has 0 unspecified atom stereocenters. The summed E-state index contributed by atoms with van der Waals surface area (Å²) in [6.07, 6.45) is -5.42. The highest BCUT2D eigenvalue weighted by Gasteiger charge is 2.46. The maximum Gasteiger partial charge on any atom is 0.394 e. The second kappa shape index (κ2) is 10.4. The first-order valence-corrected chi connectivity index (χ1v) is 10.8. The molecular weight excluding hydrogens is 471 g/mol. The molecule has 1 heterocycles. The SMILES string of the molecule is O=C(N[C@H](CF)[C@H](O)c1ccc(-c2ccc(CN3CC(C(F)(F)F)C3)cc2)cc1)C(Cl)Cl. The molecule has 3 rings (SSSR count). The molecule has 32 heavy (non-hydrogen) atoms. The number of hydrogen-bond donors (Lipinski definition) is 2. The summed E-state index contributed by atoms with van der Waals surface area (Å²) >= 11 is 10.9. The topological polar surface area (TPSA) is 52.6 Å². The van der Waals surface area contributed by atoms with Crippen LogP contribution in [-0.2, 0) is 11.3 Å². The van der Waals surface area contributed by atoms with Gasteiger partial charge in [-0.1, -0.05) is 71.7 Å². The molecule has 1 amide bonds. The highest BCUT2D eigenvalue weighted by atomic mass is 35.5. The Balaban J connectivity index is 1.59. The molecule has 1 saturated heterocycles. The van der Waals surface area contributed by atoms with Crippen LogP contribution in [-0.4, -0.2) is 52.7 Å². The number of amides is 1. The van der Waals surface area contributed by atoms with Gasteiger partial charge in [0.2, 0.25) is 0 Å². The molecule has 2 atom stereocenters. The van der Waals surface area contributed by atoms with E-state index in [0.717, 1.165) is 16.7 Å². The summed E-state index contributed by atoms with van der Waals surface area (Å²) in [4.78, 5) is 11.9. The molecule has 0 radical (unpaired) electrons. The summed E-state index contributed by atoms with van der Waals surface area (Å²) in [5.74, 6) is -2.04. The Hall–Kier alpha value is -1.87. The number of benzene rings is 2. The van der Waals surface area contributed by atoms with Crippen molar-refractivity contribution in [1.29, 1.82) is 0 Å². The van der Waals surface area contributed by atoms with Crippen molar-refractivity contribution in [3.63, 3.8) is 0 Å². The summed E-state index contributed by atoms with van der Waals surface area (Å²) in [5.41, 5.74) is 3.05. The van der Waals surface area contributed by atoms with E-state index in [2.05, 4.69) is 5.32 Å². The van der Waals surface area contributed by atoms with Gasteiger partial charge in [-0.25, -0.2) is 4.39 Å². The Morgan fingerprint density at radius 2 is 1.59 bits per heavy atom. The highest BCUT2D eigenvalue weighted by molar-refractivity contribution is 6.53. The molecule has 1 aliphatic heterocycles.